The molecule has 0 heteroatoms. The summed E-state index contributed by atoms with van der Waals surface area (Å²) in [6, 6.07) is 25.9. The number of rotatable bonds is 4. The molecular weight excluding hydrogens is 468 g/mol. The van der Waals surface area contributed by atoms with E-state index in [-0.39, 0.29) is 16.2 Å². The van der Waals surface area contributed by atoms with Crippen molar-refractivity contribution in [1.29, 1.82) is 0 Å². The number of hydrogen-bond acceptors (Lipinski definition) is 0. The van der Waals surface area contributed by atoms with Crippen LogP contribution in [0.15, 0.2) is 89.5 Å². The van der Waals surface area contributed by atoms with Crippen molar-refractivity contribution >= 4 is 0 Å². The molecule has 0 nitrogen and oxygen atoms in total. The standard InChI is InChI=1S/C39H48/c1-25-20-29(39(8,9)10)23-32(25)33(26-14-12-11-13-15-26)24-36-30-18-16-27(37(2,3)4)21-34(30)35-22-28(38(5,6)7)17-19-31(35)36/h11-19,21-23,33,36H,20,24H2,1-10H3. The second kappa shape index (κ2) is 9.65. The Labute approximate surface area is 238 Å². The highest BCUT2D eigenvalue weighted by atomic mass is 14.4. The molecule has 3 aromatic carbocycles. The van der Waals surface area contributed by atoms with Gasteiger partial charge in [0.25, 0.3) is 0 Å². The third-order valence-electron chi connectivity index (χ3n) is 9.17. The molecule has 0 N–H and O–H groups in total. The Morgan fingerprint density at radius 3 is 1.62 bits per heavy atom. The van der Waals surface area contributed by atoms with Crippen molar-refractivity contribution in [1.82, 2.24) is 0 Å². The average Bonchev–Trinajstić information content (AvgIpc) is 3.39. The monoisotopic (exact) mass is 516 g/mol. The first-order valence-electron chi connectivity index (χ1n) is 14.9. The highest BCUT2D eigenvalue weighted by Crippen LogP contribution is 2.53. The second-order valence-corrected chi connectivity index (χ2v) is 15.2. The number of hydrogen-bond donors (Lipinski definition) is 0. The molecule has 0 fully saturated rings. The summed E-state index contributed by atoms with van der Waals surface area (Å²) in [6.45, 7) is 23.4. The van der Waals surface area contributed by atoms with E-state index in [1.807, 2.05) is 0 Å². The Morgan fingerprint density at radius 2 is 1.18 bits per heavy atom. The van der Waals surface area contributed by atoms with Crippen LogP contribution in [0.25, 0.3) is 11.1 Å². The zero-order chi connectivity index (χ0) is 28.3. The maximum atomic E-state index is 2.55. The van der Waals surface area contributed by atoms with Crippen LogP contribution in [0.3, 0.4) is 0 Å². The van der Waals surface area contributed by atoms with Crippen molar-refractivity contribution in [3.8, 4) is 11.1 Å². The molecule has 204 valence electrons. The van der Waals surface area contributed by atoms with Crippen LogP contribution in [0.2, 0.25) is 0 Å². The van der Waals surface area contributed by atoms with Crippen molar-refractivity contribution in [2.24, 2.45) is 5.41 Å². The fraction of sp³-hybridized carbons (Fsp3) is 0.436. The Morgan fingerprint density at radius 1 is 0.667 bits per heavy atom. The van der Waals surface area contributed by atoms with Crippen LogP contribution in [0, 0.1) is 5.41 Å². The molecule has 2 aliphatic rings. The quantitative estimate of drug-likeness (QED) is 0.323. The molecular formula is C39H48. The van der Waals surface area contributed by atoms with Crippen LogP contribution in [0.5, 0.6) is 0 Å². The first kappa shape index (κ1) is 27.7. The summed E-state index contributed by atoms with van der Waals surface area (Å²) < 4.78 is 0. The molecule has 2 aliphatic carbocycles. The zero-order valence-corrected chi connectivity index (χ0v) is 26.0. The van der Waals surface area contributed by atoms with E-state index in [4.69, 9.17) is 0 Å². The van der Waals surface area contributed by atoms with Gasteiger partial charge in [0, 0.05) is 11.8 Å². The molecule has 1 atom stereocenters. The van der Waals surface area contributed by atoms with E-state index in [0.29, 0.717) is 11.8 Å². The minimum absolute atomic E-state index is 0.126. The van der Waals surface area contributed by atoms with Gasteiger partial charge in [0.05, 0.1) is 0 Å². The van der Waals surface area contributed by atoms with Crippen LogP contribution in [-0.2, 0) is 10.8 Å². The van der Waals surface area contributed by atoms with Crippen molar-refractivity contribution in [2.75, 3.05) is 0 Å². The van der Waals surface area contributed by atoms with Gasteiger partial charge in [-0.3, -0.25) is 0 Å². The lowest BCUT2D eigenvalue weighted by Gasteiger charge is -2.26. The van der Waals surface area contributed by atoms with Crippen molar-refractivity contribution in [3.05, 3.63) is 117 Å². The predicted octanol–water partition coefficient (Wildman–Crippen LogP) is 11.3. The third kappa shape index (κ3) is 5.32. The maximum Gasteiger partial charge on any atom is 0.0111 e. The molecule has 3 aromatic rings. The van der Waals surface area contributed by atoms with Gasteiger partial charge in [0.1, 0.15) is 0 Å². The smallest absolute Gasteiger partial charge is 0.0111 e. The molecule has 5 rings (SSSR count). The largest absolute Gasteiger partial charge is 0.0654 e. The van der Waals surface area contributed by atoms with Crippen molar-refractivity contribution in [3.63, 3.8) is 0 Å². The van der Waals surface area contributed by atoms with Crippen molar-refractivity contribution in [2.45, 2.75) is 105 Å². The lowest BCUT2D eigenvalue weighted by molar-refractivity contribution is 0.494. The molecule has 39 heavy (non-hydrogen) atoms. The van der Waals surface area contributed by atoms with Gasteiger partial charge >= 0.3 is 0 Å². The molecule has 0 bridgehead atoms. The van der Waals surface area contributed by atoms with Gasteiger partial charge in [-0.25, -0.2) is 0 Å². The summed E-state index contributed by atoms with van der Waals surface area (Å²) in [5, 5.41) is 0. The van der Waals surface area contributed by atoms with E-state index in [1.54, 1.807) is 16.7 Å². The fourth-order valence-corrected chi connectivity index (χ4v) is 6.53. The Hall–Kier alpha value is -2.86. The van der Waals surface area contributed by atoms with Gasteiger partial charge in [0.15, 0.2) is 0 Å². The molecule has 0 heterocycles. The van der Waals surface area contributed by atoms with Crippen LogP contribution in [-0.4, -0.2) is 0 Å². The number of fused-ring (bicyclic) bond motifs is 3. The molecule has 0 saturated carbocycles. The van der Waals surface area contributed by atoms with E-state index in [9.17, 15) is 0 Å². The van der Waals surface area contributed by atoms with Crippen molar-refractivity contribution < 1.29 is 0 Å². The van der Waals surface area contributed by atoms with E-state index < -0.39 is 0 Å². The van der Waals surface area contributed by atoms with Crippen LogP contribution < -0.4 is 0 Å². The van der Waals surface area contributed by atoms with Gasteiger partial charge < -0.3 is 0 Å². The Bertz CT molecular complexity index is 1380. The van der Waals surface area contributed by atoms with Gasteiger partial charge in [-0.05, 0) is 80.5 Å². The first-order valence-corrected chi connectivity index (χ1v) is 14.9. The van der Waals surface area contributed by atoms with Gasteiger partial charge in [-0.2, -0.15) is 0 Å². The zero-order valence-electron chi connectivity index (χ0n) is 26.0. The van der Waals surface area contributed by atoms with E-state index >= 15 is 0 Å². The summed E-state index contributed by atoms with van der Waals surface area (Å²) in [5.74, 6) is 0.759. The third-order valence-corrected chi connectivity index (χ3v) is 9.17. The normalized spacial score (nSPS) is 16.8. The lowest BCUT2D eigenvalue weighted by atomic mass is 9.78. The summed E-state index contributed by atoms with van der Waals surface area (Å²) in [5.41, 5.74) is 15.3. The first-order chi connectivity index (χ1) is 18.1. The molecule has 0 aromatic heterocycles. The summed E-state index contributed by atoms with van der Waals surface area (Å²) >= 11 is 0. The van der Waals surface area contributed by atoms with E-state index in [2.05, 4.69) is 142 Å². The second-order valence-electron chi connectivity index (χ2n) is 15.2. The van der Waals surface area contributed by atoms with Gasteiger partial charge in [0.2, 0.25) is 0 Å². The average molecular weight is 517 g/mol. The minimum Gasteiger partial charge on any atom is -0.0654 e. The van der Waals surface area contributed by atoms with E-state index in [0.717, 1.165) is 12.8 Å². The Kier molecular flexibility index (Phi) is 6.85. The van der Waals surface area contributed by atoms with Gasteiger partial charge in [-0.15, -0.1) is 0 Å². The lowest BCUT2D eigenvalue weighted by Crippen LogP contribution is -2.12. The highest BCUT2D eigenvalue weighted by Gasteiger charge is 2.35. The molecule has 0 radical (unpaired) electrons. The number of benzene rings is 3. The van der Waals surface area contributed by atoms with Crippen LogP contribution in [0.4, 0.5) is 0 Å². The highest BCUT2D eigenvalue weighted by molar-refractivity contribution is 5.80. The van der Waals surface area contributed by atoms with Crippen LogP contribution >= 0.6 is 0 Å². The summed E-state index contributed by atoms with van der Waals surface area (Å²) in [4.78, 5) is 0. The fourth-order valence-electron chi connectivity index (χ4n) is 6.53. The minimum atomic E-state index is 0.126. The molecule has 0 aliphatic heterocycles. The molecule has 0 spiro atoms. The number of allylic oxidation sites excluding steroid dienone is 4. The molecule has 0 amide bonds. The molecule has 1 unspecified atom stereocenters. The topological polar surface area (TPSA) is 0 Å². The SMILES string of the molecule is CC1=C(C(CC2c3ccc(C(C)(C)C)cc3-c3cc(C(C)(C)C)ccc32)c2ccccc2)C=C(C(C)(C)C)C1. The summed E-state index contributed by atoms with van der Waals surface area (Å²) in [6.07, 6.45) is 4.74. The maximum absolute atomic E-state index is 2.55. The van der Waals surface area contributed by atoms with E-state index in [1.165, 1.54) is 38.9 Å². The Balaban J connectivity index is 1.66. The molecule has 0 saturated heterocycles. The summed E-state index contributed by atoms with van der Waals surface area (Å²) in [7, 11) is 0. The van der Waals surface area contributed by atoms with Crippen LogP contribution in [0.1, 0.15) is 122 Å². The van der Waals surface area contributed by atoms with Gasteiger partial charge in [-0.1, -0.05) is 146 Å². The predicted molar refractivity (Wildman–Crippen MR) is 170 cm³/mol.